The maximum Gasteiger partial charge on any atom is 0.264 e. The number of amides is 1. The van der Waals surface area contributed by atoms with Crippen LogP contribution in [0.25, 0.3) is 0 Å². The number of halogens is 2. The Morgan fingerprint density at radius 2 is 1.69 bits per heavy atom. The van der Waals surface area contributed by atoms with Gasteiger partial charge in [0.15, 0.2) is 16.4 Å². The molecule has 2 aromatic rings. The largest absolute Gasteiger partial charge is 0.493 e. The Morgan fingerprint density at radius 1 is 1.08 bits per heavy atom. The molecule has 4 nitrogen and oxygen atoms in total. The molecule has 2 aliphatic rings. The molecule has 1 atom stereocenters. The summed E-state index contributed by atoms with van der Waals surface area (Å²) >= 11 is 14.6. The summed E-state index contributed by atoms with van der Waals surface area (Å²) in [6.07, 6.45) is 0. The molecule has 0 N–H and O–H groups in total. The lowest BCUT2D eigenvalue weighted by Gasteiger charge is -2.61. The molecular formula is C19H17Cl2NO3S. The number of aryl methyl sites for hydroxylation is 1. The maximum absolute atomic E-state index is 12.6. The van der Waals surface area contributed by atoms with Gasteiger partial charge in [-0.05, 0) is 30.2 Å². The number of hydrogen-bond donors (Lipinski definition) is 0. The highest BCUT2D eigenvalue weighted by atomic mass is 35.5. The quantitative estimate of drug-likeness (QED) is 0.552. The number of ether oxygens (including phenoxy) is 2. The summed E-state index contributed by atoms with van der Waals surface area (Å²) < 4.78 is 9.28. The van der Waals surface area contributed by atoms with E-state index in [1.54, 1.807) is 19.1 Å². The molecule has 1 fully saturated rings. The van der Waals surface area contributed by atoms with Crippen LogP contribution in [0.3, 0.4) is 0 Å². The second kappa shape index (κ2) is 5.98. The number of rotatable bonds is 3. The van der Waals surface area contributed by atoms with E-state index in [1.165, 1.54) is 11.8 Å². The van der Waals surface area contributed by atoms with Crippen LogP contribution >= 0.6 is 35.0 Å². The van der Waals surface area contributed by atoms with E-state index in [1.807, 2.05) is 43.3 Å². The topological polar surface area (TPSA) is 38.8 Å². The Balaban J connectivity index is 1.88. The minimum atomic E-state index is -1.53. The van der Waals surface area contributed by atoms with Crippen molar-refractivity contribution in [3.8, 4) is 11.5 Å². The van der Waals surface area contributed by atoms with E-state index in [9.17, 15) is 4.79 Å². The van der Waals surface area contributed by atoms with Gasteiger partial charge in [0.2, 0.25) is 4.33 Å². The van der Waals surface area contributed by atoms with Crippen molar-refractivity contribution in [3.63, 3.8) is 0 Å². The average Bonchev–Trinajstić information content (AvgIpc) is 2.65. The summed E-state index contributed by atoms with van der Waals surface area (Å²) in [5, 5.41) is 0. The number of fused-ring (bicyclic) bond motifs is 2. The molecular weight excluding hydrogens is 393 g/mol. The lowest BCUT2D eigenvalue weighted by Crippen LogP contribution is -2.74. The Labute approximate surface area is 166 Å². The van der Waals surface area contributed by atoms with Crippen molar-refractivity contribution in [1.29, 1.82) is 0 Å². The molecule has 2 heterocycles. The van der Waals surface area contributed by atoms with Gasteiger partial charge in [-0.3, -0.25) is 4.79 Å². The van der Waals surface area contributed by atoms with Crippen molar-refractivity contribution in [1.82, 2.24) is 4.90 Å². The molecule has 0 radical (unpaired) electrons. The summed E-state index contributed by atoms with van der Waals surface area (Å²) in [7, 11) is 3.19. The number of nitrogens with zero attached hydrogens (tertiary/aromatic N) is 1. The fourth-order valence-electron chi connectivity index (χ4n) is 3.50. The number of alkyl halides is 2. The first-order valence-corrected chi connectivity index (χ1v) is 9.63. The highest BCUT2D eigenvalue weighted by molar-refractivity contribution is 8.00. The van der Waals surface area contributed by atoms with Crippen LogP contribution in [-0.4, -0.2) is 29.4 Å². The summed E-state index contributed by atoms with van der Waals surface area (Å²) in [6, 6.07) is 11.8. The summed E-state index contributed by atoms with van der Waals surface area (Å²) in [4.78, 5) is 14.5. The molecule has 0 aromatic heterocycles. The molecule has 0 aliphatic carbocycles. The number of thioether (sulfide) groups is 1. The molecule has 2 aromatic carbocycles. The van der Waals surface area contributed by atoms with E-state index in [0.717, 1.165) is 21.6 Å². The zero-order valence-electron chi connectivity index (χ0n) is 14.5. The third-order valence-corrected chi connectivity index (χ3v) is 7.67. The third kappa shape index (κ3) is 2.20. The van der Waals surface area contributed by atoms with Gasteiger partial charge in [-0.25, -0.2) is 0 Å². The van der Waals surface area contributed by atoms with E-state index in [0.29, 0.717) is 18.0 Å². The van der Waals surface area contributed by atoms with E-state index in [-0.39, 0.29) is 5.91 Å². The second-order valence-corrected chi connectivity index (χ2v) is 8.95. The number of benzene rings is 2. The molecule has 2 aliphatic heterocycles. The van der Waals surface area contributed by atoms with Crippen LogP contribution in [0.2, 0.25) is 0 Å². The zero-order valence-corrected chi connectivity index (χ0v) is 16.8. The minimum absolute atomic E-state index is 0.283. The monoisotopic (exact) mass is 409 g/mol. The average molecular weight is 410 g/mol. The molecule has 0 bridgehead atoms. The highest BCUT2D eigenvalue weighted by Gasteiger charge is 2.73. The molecule has 0 spiro atoms. The van der Waals surface area contributed by atoms with Crippen LogP contribution in [0.15, 0.2) is 41.3 Å². The van der Waals surface area contributed by atoms with Gasteiger partial charge in [-0.15, -0.1) is 0 Å². The van der Waals surface area contributed by atoms with Crippen molar-refractivity contribution in [2.75, 3.05) is 14.2 Å². The molecule has 1 amide bonds. The number of carbonyl (C=O) groups excluding carboxylic acids is 1. The Kier molecular flexibility index (Phi) is 4.10. The van der Waals surface area contributed by atoms with Gasteiger partial charge < -0.3 is 14.4 Å². The molecule has 26 heavy (non-hydrogen) atoms. The predicted octanol–water partition coefficient (Wildman–Crippen LogP) is 4.49. The van der Waals surface area contributed by atoms with E-state index in [4.69, 9.17) is 32.7 Å². The maximum atomic E-state index is 12.6. The van der Waals surface area contributed by atoms with Gasteiger partial charge in [-0.1, -0.05) is 64.8 Å². The van der Waals surface area contributed by atoms with Crippen LogP contribution in [0.1, 0.15) is 16.7 Å². The molecule has 136 valence electrons. The van der Waals surface area contributed by atoms with Gasteiger partial charge in [0.1, 0.15) is 0 Å². The van der Waals surface area contributed by atoms with E-state index in [2.05, 4.69) is 0 Å². The highest BCUT2D eigenvalue weighted by Crippen LogP contribution is 2.67. The van der Waals surface area contributed by atoms with Gasteiger partial charge in [0.05, 0.1) is 14.2 Å². The predicted molar refractivity (Wildman–Crippen MR) is 103 cm³/mol. The second-order valence-electron chi connectivity index (χ2n) is 6.39. The molecule has 4 rings (SSSR count). The standard InChI is InChI=1S/C19H17Cl2NO3S/c1-11-4-6-13(7-5-11)19-18(20,21)17(23)22(19)10-12-8-14(24-2)15(25-3)9-16(12)26-19/h4-9H,10H2,1-3H3. The van der Waals surface area contributed by atoms with Gasteiger partial charge in [-0.2, -0.15) is 0 Å². The normalized spacial score (nSPS) is 23.0. The van der Waals surface area contributed by atoms with Crippen LogP contribution in [0.4, 0.5) is 0 Å². The van der Waals surface area contributed by atoms with Gasteiger partial charge >= 0.3 is 0 Å². The lowest BCUT2D eigenvalue weighted by atomic mass is 9.89. The molecule has 0 saturated carbocycles. The van der Waals surface area contributed by atoms with Crippen LogP contribution in [-0.2, 0) is 16.2 Å². The Hall–Kier alpha value is -1.56. The van der Waals surface area contributed by atoms with Crippen molar-refractivity contribution < 1.29 is 14.3 Å². The van der Waals surface area contributed by atoms with Crippen molar-refractivity contribution >= 4 is 40.9 Å². The van der Waals surface area contributed by atoms with E-state index < -0.39 is 9.20 Å². The lowest BCUT2D eigenvalue weighted by molar-refractivity contribution is -0.153. The van der Waals surface area contributed by atoms with Crippen LogP contribution in [0.5, 0.6) is 11.5 Å². The fraction of sp³-hybridized carbons (Fsp3) is 0.316. The SMILES string of the molecule is COc1cc2c(cc1OC)SC1(c3ccc(C)cc3)N(C2)C(=O)C1(Cl)Cl. The summed E-state index contributed by atoms with van der Waals surface area (Å²) in [6.45, 7) is 2.43. The van der Waals surface area contributed by atoms with Crippen molar-refractivity contribution in [2.24, 2.45) is 0 Å². The number of methoxy groups -OCH3 is 2. The number of carbonyl (C=O) groups is 1. The van der Waals surface area contributed by atoms with Crippen LogP contribution in [0, 0.1) is 6.92 Å². The summed E-state index contributed by atoms with van der Waals surface area (Å²) in [5.74, 6) is 0.978. The van der Waals surface area contributed by atoms with E-state index >= 15 is 0 Å². The van der Waals surface area contributed by atoms with Crippen LogP contribution < -0.4 is 9.47 Å². The molecule has 1 saturated heterocycles. The first kappa shape index (κ1) is 17.8. The molecule has 7 heteroatoms. The van der Waals surface area contributed by atoms with Crippen molar-refractivity contribution in [3.05, 3.63) is 53.1 Å². The summed E-state index contributed by atoms with van der Waals surface area (Å²) in [5.41, 5.74) is 3.01. The zero-order chi connectivity index (χ0) is 18.7. The fourth-order valence-corrected chi connectivity index (χ4v) is 5.83. The van der Waals surface area contributed by atoms with Gasteiger partial charge in [0, 0.05) is 11.4 Å². The minimum Gasteiger partial charge on any atom is -0.493 e. The van der Waals surface area contributed by atoms with Crippen molar-refractivity contribution in [2.45, 2.75) is 27.6 Å². The smallest absolute Gasteiger partial charge is 0.264 e. The molecule has 1 unspecified atom stereocenters. The first-order chi connectivity index (χ1) is 12.3. The van der Waals surface area contributed by atoms with Gasteiger partial charge in [0.25, 0.3) is 5.91 Å². The first-order valence-electron chi connectivity index (χ1n) is 8.06. The third-order valence-electron chi connectivity index (χ3n) is 4.92. The Bertz CT molecular complexity index is 900. The Morgan fingerprint density at radius 3 is 2.31 bits per heavy atom. The number of β-lactam (4-membered cyclic amide) rings is 1. The number of hydrogen-bond acceptors (Lipinski definition) is 4.